The van der Waals surface area contributed by atoms with E-state index in [0.29, 0.717) is 24.8 Å². The molecule has 0 radical (unpaired) electrons. The van der Waals surface area contributed by atoms with E-state index in [1.54, 1.807) is 0 Å². The van der Waals surface area contributed by atoms with Crippen molar-refractivity contribution in [3.63, 3.8) is 0 Å². The van der Waals surface area contributed by atoms with Crippen molar-refractivity contribution in [2.45, 2.75) is 83.7 Å². The first-order valence-electron chi connectivity index (χ1n) is 15.4. The van der Waals surface area contributed by atoms with E-state index in [4.69, 9.17) is 19.0 Å². The molecule has 2 heterocycles. The van der Waals surface area contributed by atoms with Gasteiger partial charge in [0.25, 0.3) is 0 Å². The summed E-state index contributed by atoms with van der Waals surface area (Å²) in [5, 5.41) is 4.30. The highest BCUT2D eigenvalue weighted by Crippen LogP contribution is 2.49. The number of hydrogen-bond donors (Lipinski definition) is 0. The topological polar surface area (TPSA) is 74.5 Å². The van der Waals surface area contributed by atoms with Gasteiger partial charge in [-0.1, -0.05) is 79.0 Å². The van der Waals surface area contributed by atoms with Crippen molar-refractivity contribution in [2.24, 2.45) is 5.92 Å². The molecule has 42 heavy (non-hydrogen) atoms. The minimum absolute atomic E-state index is 0.108. The maximum atomic E-state index is 12.5. The summed E-state index contributed by atoms with van der Waals surface area (Å²) in [6, 6.07) is 22.7. The molecule has 2 aliphatic rings. The largest absolute Gasteiger partial charge is 0.474 e. The average Bonchev–Trinajstić information content (AvgIpc) is 3.77. The molecular formula is C36H40N2O4. The molecule has 0 saturated heterocycles. The van der Waals surface area contributed by atoms with E-state index in [1.165, 1.54) is 32.1 Å². The van der Waals surface area contributed by atoms with Gasteiger partial charge < -0.3 is 14.0 Å². The van der Waals surface area contributed by atoms with Crippen LogP contribution in [-0.2, 0) is 21.4 Å². The van der Waals surface area contributed by atoms with Gasteiger partial charge in [0.15, 0.2) is 5.76 Å². The maximum absolute atomic E-state index is 12.5. The highest BCUT2D eigenvalue weighted by atomic mass is 16.5. The predicted molar refractivity (Wildman–Crippen MR) is 163 cm³/mol. The molecule has 0 amide bonds. The Bertz CT molecular complexity index is 1510. The van der Waals surface area contributed by atoms with Crippen LogP contribution in [0.2, 0.25) is 0 Å². The number of esters is 1. The Morgan fingerprint density at radius 1 is 0.952 bits per heavy atom. The van der Waals surface area contributed by atoms with Crippen LogP contribution in [0.15, 0.2) is 71.3 Å². The number of nitrogens with zero attached hydrogens (tertiary/aromatic N) is 2. The van der Waals surface area contributed by atoms with Crippen LogP contribution >= 0.6 is 0 Å². The first-order chi connectivity index (χ1) is 20.5. The molecule has 1 atom stereocenters. The molecule has 2 aromatic carbocycles. The van der Waals surface area contributed by atoms with Gasteiger partial charge >= 0.3 is 5.97 Å². The van der Waals surface area contributed by atoms with E-state index < -0.39 is 5.41 Å². The van der Waals surface area contributed by atoms with Crippen molar-refractivity contribution in [3.05, 3.63) is 89.2 Å². The maximum Gasteiger partial charge on any atom is 0.316 e. The Hall–Kier alpha value is -3.93. The monoisotopic (exact) mass is 564 g/mol. The number of aromatic nitrogens is 2. The number of ether oxygens (including phenoxy) is 2. The molecule has 0 spiro atoms. The van der Waals surface area contributed by atoms with Crippen LogP contribution in [0.4, 0.5) is 0 Å². The smallest absolute Gasteiger partial charge is 0.316 e. The van der Waals surface area contributed by atoms with Crippen molar-refractivity contribution in [1.82, 2.24) is 10.1 Å². The summed E-state index contributed by atoms with van der Waals surface area (Å²) in [5.41, 5.74) is 6.59. The van der Waals surface area contributed by atoms with Gasteiger partial charge in [-0.3, -0.25) is 4.79 Å². The third-order valence-electron chi connectivity index (χ3n) is 9.08. The van der Waals surface area contributed by atoms with Gasteiger partial charge in [0, 0.05) is 29.3 Å². The molecule has 2 fully saturated rings. The number of benzene rings is 2. The van der Waals surface area contributed by atoms with Crippen LogP contribution in [-0.4, -0.2) is 28.8 Å². The van der Waals surface area contributed by atoms with Crippen LogP contribution in [0, 0.1) is 12.8 Å². The van der Waals surface area contributed by atoms with E-state index in [-0.39, 0.29) is 12.1 Å². The van der Waals surface area contributed by atoms with Crippen molar-refractivity contribution in [2.75, 3.05) is 6.61 Å². The van der Waals surface area contributed by atoms with Crippen LogP contribution in [0.1, 0.15) is 81.3 Å². The van der Waals surface area contributed by atoms with Gasteiger partial charge in [-0.2, -0.15) is 0 Å². The summed E-state index contributed by atoms with van der Waals surface area (Å²) >= 11 is 0. The molecule has 0 N–H and O–H groups in total. The van der Waals surface area contributed by atoms with E-state index in [1.807, 2.05) is 32.0 Å². The lowest BCUT2D eigenvalue weighted by Crippen LogP contribution is -2.26. The van der Waals surface area contributed by atoms with Gasteiger partial charge in [-0.05, 0) is 75.1 Å². The number of carbonyl (C=O) groups is 1. The number of hydrogen-bond acceptors (Lipinski definition) is 6. The Kier molecular flexibility index (Phi) is 8.14. The molecule has 2 saturated carbocycles. The number of aryl methyl sites for hydroxylation is 1. The minimum atomic E-state index is -0.451. The van der Waals surface area contributed by atoms with Crippen LogP contribution in [0.5, 0.6) is 5.88 Å². The van der Waals surface area contributed by atoms with Crippen molar-refractivity contribution < 1.29 is 18.8 Å². The number of carbonyl (C=O) groups excluding carboxylic acids is 1. The second-order valence-corrected chi connectivity index (χ2v) is 11.9. The third kappa shape index (κ3) is 5.85. The fraction of sp³-hybridized carbons (Fsp3) is 0.417. The Labute approximate surface area is 248 Å². The van der Waals surface area contributed by atoms with E-state index in [2.05, 4.69) is 60.6 Å². The molecule has 4 aromatic rings. The molecule has 6 rings (SSSR count). The molecule has 6 heteroatoms. The molecule has 2 aromatic heterocycles. The third-order valence-corrected chi connectivity index (χ3v) is 9.08. The van der Waals surface area contributed by atoms with Crippen LogP contribution in [0.3, 0.4) is 0 Å². The molecular weight excluding hydrogens is 524 g/mol. The molecule has 0 bridgehead atoms. The number of rotatable bonds is 10. The Morgan fingerprint density at radius 3 is 2.29 bits per heavy atom. The highest BCUT2D eigenvalue weighted by Gasteiger charge is 2.52. The molecule has 1 unspecified atom stereocenters. The second kappa shape index (κ2) is 12.1. The SMILES string of the molecule is CCOC(=O)C1(c2ccc(-c3ccc(-c4onc(C)c4Cc4cccc(OC(C)C5CCCCC5)n4)cc3)cc2)CC1. The quantitative estimate of drug-likeness (QED) is 0.181. The summed E-state index contributed by atoms with van der Waals surface area (Å²) in [6.07, 6.45) is 8.91. The summed E-state index contributed by atoms with van der Waals surface area (Å²) in [7, 11) is 0. The fourth-order valence-corrected chi connectivity index (χ4v) is 6.32. The van der Waals surface area contributed by atoms with Gasteiger partial charge in [-0.25, -0.2) is 4.98 Å². The van der Waals surface area contributed by atoms with Gasteiger partial charge in [-0.15, -0.1) is 0 Å². The summed E-state index contributed by atoms with van der Waals surface area (Å²) in [6.45, 7) is 6.42. The van der Waals surface area contributed by atoms with Gasteiger partial charge in [0.1, 0.15) is 6.10 Å². The molecule has 6 nitrogen and oxygen atoms in total. The normalized spacial score (nSPS) is 17.0. The zero-order valence-electron chi connectivity index (χ0n) is 24.9. The Balaban J connectivity index is 1.15. The Morgan fingerprint density at radius 2 is 1.62 bits per heavy atom. The fourth-order valence-electron chi connectivity index (χ4n) is 6.32. The summed E-state index contributed by atoms with van der Waals surface area (Å²) in [5.74, 6) is 1.95. The molecule has 0 aliphatic heterocycles. The zero-order valence-corrected chi connectivity index (χ0v) is 24.9. The standard InChI is InChI=1S/C36H40N2O4/c1-4-40-35(39)36(21-22-36)30-19-17-28(18-20-30)27-13-15-29(16-14-27)34-32(24(2)38-42-34)23-31-11-8-12-33(37-31)41-25(3)26-9-6-5-7-10-26/h8,11-20,25-26H,4-7,9-10,21-23H2,1-3H3. The highest BCUT2D eigenvalue weighted by molar-refractivity contribution is 5.87. The van der Waals surface area contributed by atoms with E-state index >= 15 is 0 Å². The van der Waals surface area contributed by atoms with E-state index in [0.717, 1.165) is 57.8 Å². The van der Waals surface area contributed by atoms with E-state index in [9.17, 15) is 4.79 Å². The van der Waals surface area contributed by atoms with Crippen LogP contribution in [0.25, 0.3) is 22.5 Å². The van der Waals surface area contributed by atoms with Crippen LogP contribution < -0.4 is 4.74 Å². The zero-order chi connectivity index (χ0) is 29.1. The lowest BCUT2D eigenvalue weighted by Gasteiger charge is -2.27. The summed E-state index contributed by atoms with van der Waals surface area (Å²) < 4.78 is 17.4. The first-order valence-corrected chi connectivity index (χ1v) is 15.4. The minimum Gasteiger partial charge on any atom is -0.474 e. The predicted octanol–water partition coefficient (Wildman–Crippen LogP) is 8.25. The van der Waals surface area contributed by atoms with Crippen molar-refractivity contribution in [3.8, 4) is 28.3 Å². The van der Waals surface area contributed by atoms with Crippen molar-refractivity contribution in [1.29, 1.82) is 0 Å². The lowest BCUT2D eigenvalue weighted by molar-refractivity contribution is -0.146. The molecule has 2 aliphatic carbocycles. The first kappa shape index (κ1) is 28.2. The lowest BCUT2D eigenvalue weighted by atomic mass is 9.86. The number of pyridine rings is 1. The molecule has 218 valence electrons. The van der Waals surface area contributed by atoms with Gasteiger partial charge in [0.2, 0.25) is 5.88 Å². The average molecular weight is 565 g/mol. The van der Waals surface area contributed by atoms with Gasteiger partial charge in [0.05, 0.1) is 17.7 Å². The van der Waals surface area contributed by atoms with Crippen molar-refractivity contribution >= 4 is 5.97 Å². The second-order valence-electron chi connectivity index (χ2n) is 11.9. The summed E-state index contributed by atoms with van der Waals surface area (Å²) in [4.78, 5) is 17.3.